The van der Waals surface area contributed by atoms with Gasteiger partial charge in [0, 0.05) is 11.1 Å². The van der Waals surface area contributed by atoms with Gasteiger partial charge in [-0.05, 0) is 36.4 Å². The maximum absolute atomic E-state index is 5.82. The lowest BCUT2D eigenvalue weighted by Gasteiger charge is -2.05. The first kappa shape index (κ1) is 10.6. The molecule has 84 valence electrons. The maximum Gasteiger partial charge on any atom is 0.128 e. The van der Waals surface area contributed by atoms with E-state index in [-0.39, 0.29) is 0 Å². The topological polar surface area (TPSA) is 22.1 Å². The Morgan fingerprint density at radius 1 is 1.00 bits per heavy atom. The Morgan fingerprint density at radius 3 is 2.59 bits per heavy atom. The van der Waals surface area contributed by atoms with Crippen molar-refractivity contribution in [2.24, 2.45) is 0 Å². The average molecular weight is 262 g/mol. The third kappa shape index (κ3) is 2.25. The number of benzene rings is 2. The minimum Gasteiger partial charge on any atom is -0.457 e. The Balaban J connectivity index is 1.91. The second-order valence-corrected chi connectivity index (χ2v) is 4.86. The molecular weight excluding hydrogens is 254 g/mol. The first-order chi connectivity index (χ1) is 8.31. The fraction of sp³-hybridized carbons (Fsp3) is 0. The molecule has 0 unspecified atom stereocenters. The van der Waals surface area contributed by atoms with Crippen molar-refractivity contribution < 1.29 is 4.74 Å². The van der Waals surface area contributed by atoms with Crippen LogP contribution in [0.15, 0.2) is 48.0 Å². The van der Waals surface area contributed by atoms with Crippen molar-refractivity contribution in [3.8, 4) is 11.5 Å². The predicted molar refractivity (Wildman–Crippen MR) is 71.1 cm³/mol. The maximum atomic E-state index is 5.82. The van der Waals surface area contributed by atoms with Crippen LogP contribution in [0.4, 0.5) is 0 Å². The number of halogens is 1. The van der Waals surface area contributed by atoms with Crippen LogP contribution in [-0.2, 0) is 0 Å². The summed E-state index contributed by atoms with van der Waals surface area (Å²) in [7, 11) is 0. The number of rotatable bonds is 2. The van der Waals surface area contributed by atoms with Crippen LogP contribution in [0.5, 0.6) is 11.5 Å². The normalized spacial score (nSPS) is 10.6. The molecule has 0 atom stereocenters. The van der Waals surface area contributed by atoms with E-state index in [4.69, 9.17) is 16.3 Å². The zero-order chi connectivity index (χ0) is 11.7. The molecule has 4 heteroatoms. The predicted octanol–water partition coefficient (Wildman–Crippen LogP) is 4.74. The summed E-state index contributed by atoms with van der Waals surface area (Å²) in [5.74, 6) is 1.59. The van der Waals surface area contributed by atoms with Gasteiger partial charge in [0.25, 0.3) is 0 Å². The molecule has 0 aliphatic heterocycles. The SMILES string of the molecule is Clc1ccc(Oc2ccc3ncsc3c2)cc1. The average Bonchev–Trinajstić information content (AvgIpc) is 2.79. The number of hydrogen-bond acceptors (Lipinski definition) is 3. The molecule has 0 amide bonds. The summed E-state index contributed by atoms with van der Waals surface area (Å²) in [5.41, 5.74) is 2.83. The van der Waals surface area contributed by atoms with Gasteiger partial charge < -0.3 is 4.74 Å². The van der Waals surface area contributed by atoms with E-state index < -0.39 is 0 Å². The Hall–Kier alpha value is -1.58. The number of hydrogen-bond donors (Lipinski definition) is 0. The number of fused-ring (bicyclic) bond motifs is 1. The molecule has 0 saturated heterocycles. The zero-order valence-electron chi connectivity index (χ0n) is 8.76. The highest BCUT2D eigenvalue weighted by molar-refractivity contribution is 7.16. The third-order valence-corrected chi connectivity index (χ3v) is 3.40. The summed E-state index contributed by atoms with van der Waals surface area (Å²) in [6.07, 6.45) is 0. The van der Waals surface area contributed by atoms with Gasteiger partial charge in [0.2, 0.25) is 0 Å². The molecule has 0 N–H and O–H groups in total. The summed E-state index contributed by atoms with van der Waals surface area (Å²) >= 11 is 7.42. The molecule has 3 aromatic rings. The quantitative estimate of drug-likeness (QED) is 0.665. The highest BCUT2D eigenvalue weighted by atomic mass is 35.5. The van der Waals surface area contributed by atoms with E-state index in [9.17, 15) is 0 Å². The van der Waals surface area contributed by atoms with Crippen molar-refractivity contribution >= 4 is 33.2 Å². The molecule has 2 nitrogen and oxygen atoms in total. The van der Waals surface area contributed by atoms with Crippen molar-refractivity contribution in [3.05, 3.63) is 53.0 Å². The van der Waals surface area contributed by atoms with E-state index in [1.165, 1.54) is 0 Å². The van der Waals surface area contributed by atoms with E-state index in [0.717, 1.165) is 21.7 Å². The van der Waals surface area contributed by atoms with Crippen LogP contribution >= 0.6 is 22.9 Å². The molecule has 0 radical (unpaired) electrons. The molecule has 0 spiro atoms. The summed E-state index contributed by atoms with van der Waals surface area (Å²) in [6.45, 7) is 0. The van der Waals surface area contributed by atoms with Crippen LogP contribution in [0, 0.1) is 0 Å². The van der Waals surface area contributed by atoms with Gasteiger partial charge in [-0.15, -0.1) is 11.3 Å². The van der Waals surface area contributed by atoms with Crippen LogP contribution in [-0.4, -0.2) is 4.98 Å². The van der Waals surface area contributed by atoms with Crippen molar-refractivity contribution in [3.63, 3.8) is 0 Å². The lowest BCUT2D eigenvalue weighted by atomic mass is 10.3. The monoisotopic (exact) mass is 261 g/mol. The first-order valence-electron chi connectivity index (χ1n) is 5.08. The Morgan fingerprint density at radius 2 is 1.76 bits per heavy atom. The second-order valence-electron chi connectivity index (χ2n) is 3.54. The molecule has 0 aliphatic carbocycles. The Bertz CT molecular complexity index is 648. The number of aromatic nitrogens is 1. The fourth-order valence-corrected chi connectivity index (χ4v) is 2.37. The molecule has 3 rings (SSSR count). The van der Waals surface area contributed by atoms with E-state index in [1.807, 2.05) is 48.0 Å². The van der Waals surface area contributed by atoms with E-state index in [0.29, 0.717) is 5.02 Å². The van der Waals surface area contributed by atoms with Crippen molar-refractivity contribution in [1.82, 2.24) is 4.98 Å². The van der Waals surface area contributed by atoms with Gasteiger partial charge in [0.05, 0.1) is 15.7 Å². The second kappa shape index (κ2) is 4.35. The van der Waals surface area contributed by atoms with Gasteiger partial charge in [-0.2, -0.15) is 0 Å². The highest BCUT2D eigenvalue weighted by Gasteiger charge is 2.01. The van der Waals surface area contributed by atoms with Crippen LogP contribution in [0.1, 0.15) is 0 Å². The summed E-state index contributed by atoms with van der Waals surface area (Å²) in [6, 6.07) is 13.2. The Kier molecular flexibility index (Phi) is 2.71. The van der Waals surface area contributed by atoms with Crippen LogP contribution in [0.3, 0.4) is 0 Å². The summed E-state index contributed by atoms with van der Waals surface area (Å²) in [5, 5.41) is 0.704. The van der Waals surface area contributed by atoms with Crippen LogP contribution < -0.4 is 4.74 Å². The minimum atomic E-state index is 0.704. The molecule has 0 saturated carbocycles. The molecule has 1 aromatic heterocycles. The first-order valence-corrected chi connectivity index (χ1v) is 6.34. The molecule has 0 fully saturated rings. The van der Waals surface area contributed by atoms with Crippen LogP contribution in [0.2, 0.25) is 5.02 Å². The largest absolute Gasteiger partial charge is 0.457 e. The van der Waals surface area contributed by atoms with E-state index >= 15 is 0 Å². The number of ether oxygens (including phenoxy) is 1. The summed E-state index contributed by atoms with van der Waals surface area (Å²) in [4.78, 5) is 4.22. The molecule has 1 heterocycles. The molecule has 0 aliphatic rings. The van der Waals surface area contributed by atoms with Crippen molar-refractivity contribution in [2.75, 3.05) is 0 Å². The van der Waals surface area contributed by atoms with Gasteiger partial charge in [-0.25, -0.2) is 4.98 Å². The number of thiazole rings is 1. The zero-order valence-corrected chi connectivity index (χ0v) is 10.3. The minimum absolute atomic E-state index is 0.704. The van der Waals surface area contributed by atoms with E-state index in [1.54, 1.807) is 11.3 Å². The third-order valence-electron chi connectivity index (χ3n) is 2.35. The molecule has 17 heavy (non-hydrogen) atoms. The van der Waals surface area contributed by atoms with Gasteiger partial charge in [0.1, 0.15) is 11.5 Å². The Labute approximate surface area is 107 Å². The molecule has 2 aromatic carbocycles. The lowest BCUT2D eigenvalue weighted by molar-refractivity contribution is 0.483. The van der Waals surface area contributed by atoms with Gasteiger partial charge >= 0.3 is 0 Å². The van der Waals surface area contributed by atoms with Gasteiger partial charge in [-0.3, -0.25) is 0 Å². The fourth-order valence-electron chi connectivity index (χ4n) is 1.54. The van der Waals surface area contributed by atoms with E-state index in [2.05, 4.69) is 4.98 Å². The van der Waals surface area contributed by atoms with Gasteiger partial charge in [0.15, 0.2) is 0 Å². The lowest BCUT2D eigenvalue weighted by Crippen LogP contribution is -1.83. The van der Waals surface area contributed by atoms with Crippen LogP contribution in [0.25, 0.3) is 10.2 Å². The molecule has 0 bridgehead atoms. The standard InChI is InChI=1S/C13H8ClNOS/c14-9-1-3-10(4-2-9)16-11-5-6-12-13(7-11)17-8-15-12/h1-8H. The molecular formula is C13H8ClNOS. The van der Waals surface area contributed by atoms with Crippen molar-refractivity contribution in [1.29, 1.82) is 0 Å². The summed E-state index contributed by atoms with van der Waals surface area (Å²) < 4.78 is 6.85. The smallest absolute Gasteiger partial charge is 0.128 e. The van der Waals surface area contributed by atoms with Gasteiger partial charge in [-0.1, -0.05) is 11.6 Å². The number of nitrogens with zero attached hydrogens (tertiary/aromatic N) is 1. The van der Waals surface area contributed by atoms with Crippen molar-refractivity contribution in [2.45, 2.75) is 0 Å². The highest BCUT2D eigenvalue weighted by Crippen LogP contribution is 2.27.